The van der Waals surface area contributed by atoms with Crippen LogP contribution >= 0.6 is 26.1 Å². The highest BCUT2D eigenvalue weighted by atomic mass is 79.9. The molecule has 0 saturated heterocycles. The van der Waals surface area contributed by atoms with Gasteiger partial charge in [-0.1, -0.05) is 41.5 Å². The Bertz CT molecular complexity index is 580. The molecule has 0 atom stereocenters. The van der Waals surface area contributed by atoms with Crippen LogP contribution in [-0.2, 0) is 0 Å². The average molecular weight is 357 g/mol. The van der Waals surface area contributed by atoms with E-state index in [2.05, 4.69) is 79.8 Å². The Balaban J connectivity index is 2.75. The maximum atomic E-state index is 4.69. The first-order valence-electron chi connectivity index (χ1n) is 7.24. The van der Waals surface area contributed by atoms with Gasteiger partial charge in [-0.25, -0.2) is 4.98 Å². The zero-order valence-electron chi connectivity index (χ0n) is 13.2. The Morgan fingerprint density at radius 2 is 1.60 bits per heavy atom. The van der Waals surface area contributed by atoms with E-state index in [4.69, 9.17) is 4.98 Å². The highest BCUT2D eigenvalue weighted by Crippen LogP contribution is 2.62. The summed E-state index contributed by atoms with van der Waals surface area (Å²) in [7, 11) is -0.982. The largest absolute Gasteiger partial charge is 0.293 e. The summed E-state index contributed by atoms with van der Waals surface area (Å²) in [6.07, 6.45) is 4.16. The van der Waals surface area contributed by atoms with Crippen molar-refractivity contribution in [1.29, 1.82) is 0 Å². The third-order valence-electron chi connectivity index (χ3n) is 4.07. The van der Waals surface area contributed by atoms with Crippen molar-refractivity contribution in [3.05, 3.63) is 29.0 Å². The van der Waals surface area contributed by atoms with Crippen LogP contribution in [0.1, 0.15) is 41.5 Å². The Morgan fingerprint density at radius 3 is 2.10 bits per heavy atom. The third kappa shape index (κ3) is 2.31. The molecular weight excluding hydrogens is 332 g/mol. The zero-order chi connectivity index (χ0) is 15.1. The molecule has 0 aliphatic heterocycles. The van der Waals surface area contributed by atoms with Crippen LogP contribution in [-0.4, -0.2) is 24.7 Å². The number of hydrogen-bond donors (Lipinski definition) is 0. The molecule has 0 fully saturated rings. The summed E-state index contributed by atoms with van der Waals surface area (Å²) in [4.78, 5) is 4.69. The Morgan fingerprint density at radius 1 is 1.05 bits per heavy atom. The molecule has 0 spiro atoms. The number of hydrogen-bond acceptors (Lipinski definition) is 1. The minimum atomic E-state index is -0.982. The first kappa shape index (κ1) is 15.9. The van der Waals surface area contributed by atoms with Crippen LogP contribution in [0.25, 0.3) is 11.0 Å². The third-order valence-corrected chi connectivity index (χ3v) is 10.0. The predicted octanol–water partition coefficient (Wildman–Crippen LogP) is 5.59. The highest BCUT2D eigenvalue weighted by Gasteiger charge is 2.37. The molecule has 0 bridgehead atoms. The van der Waals surface area contributed by atoms with E-state index in [9.17, 15) is 0 Å². The number of fused-ring (bicyclic) bond motifs is 1. The molecule has 0 radical (unpaired) electrons. The Labute approximate surface area is 132 Å². The summed E-state index contributed by atoms with van der Waals surface area (Å²) >= 11 is 3.51. The maximum Gasteiger partial charge on any atom is 0.148 e. The highest BCUT2D eigenvalue weighted by molar-refractivity contribution is 9.10. The fourth-order valence-corrected chi connectivity index (χ4v) is 9.24. The van der Waals surface area contributed by atoms with E-state index in [1.54, 1.807) is 0 Å². The lowest BCUT2D eigenvalue weighted by Crippen LogP contribution is -2.33. The minimum absolute atomic E-state index is 0.628. The molecule has 0 aliphatic rings. The second kappa shape index (κ2) is 5.72. The predicted molar refractivity (Wildman–Crippen MR) is 95.8 cm³/mol. The molecule has 2 rings (SSSR count). The summed E-state index contributed by atoms with van der Waals surface area (Å²) in [5.74, 6) is 0. The van der Waals surface area contributed by atoms with Gasteiger partial charge in [-0.05, 0) is 28.1 Å². The van der Waals surface area contributed by atoms with Crippen molar-refractivity contribution in [2.45, 2.75) is 57.3 Å². The van der Waals surface area contributed by atoms with E-state index in [1.807, 2.05) is 6.20 Å². The van der Waals surface area contributed by atoms with Crippen LogP contribution in [0, 0.1) is 0 Å². The maximum absolute atomic E-state index is 4.69. The molecule has 0 aliphatic carbocycles. The van der Waals surface area contributed by atoms with Crippen molar-refractivity contribution in [2.75, 3.05) is 0 Å². The number of pyridine rings is 1. The van der Waals surface area contributed by atoms with E-state index in [1.165, 1.54) is 5.39 Å². The van der Waals surface area contributed by atoms with Gasteiger partial charge in [0.25, 0.3) is 0 Å². The molecule has 0 unspecified atom stereocenters. The Hall–Kier alpha value is -0.480. The van der Waals surface area contributed by atoms with Crippen molar-refractivity contribution in [1.82, 2.24) is 8.96 Å². The first-order chi connectivity index (χ1) is 9.31. The van der Waals surface area contributed by atoms with Gasteiger partial charge in [0, 0.05) is 38.0 Å². The summed E-state index contributed by atoms with van der Waals surface area (Å²) in [5.41, 5.74) is 1.12. The van der Waals surface area contributed by atoms with Gasteiger partial charge in [-0.15, -0.1) is 0 Å². The lowest BCUT2D eigenvalue weighted by molar-refractivity contribution is 0.912. The van der Waals surface area contributed by atoms with Gasteiger partial charge < -0.3 is 0 Å². The van der Waals surface area contributed by atoms with Gasteiger partial charge in [0.2, 0.25) is 0 Å². The van der Waals surface area contributed by atoms with Crippen LogP contribution in [0.3, 0.4) is 0 Å². The number of aromatic nitrogens is 2. The monoisotopic (exact) mass is 356 g/mol. The average Bonchev–Trinajstić information content (AvgIpc) is 2.72. The quantitative estimate of drug-likeness (QED) is 0.697. The van der Waals surface area contributed by atoms with E-state index in [-0.39, 0.29) is 0 Å². The second-order valence-corrected chi connectivity index (χ2v) is 11.7. The van der Waals surface area contributed by atoms with E-state index in [0.29, 0.717) is 15.7 Å². The van der Waals surface area contributed by atoms with Gasteiger partial charge >= 0.3 is 0 Å². The normalized spacial score (nSPS) is 13.9. The number of rotatable bonds is 4. The van der Waals surface area contributed by atoms with Crippen LogP contribution in [0.5, 0.6) is 0 Å². The summed E-state index contributed by atoms with van der Waals surface area (Å²) < 4.78 is 3.54. The van der Waals surface area contributed by atoms with Gasteiger partial charge in [-0.3, -0.25) is 3.97 Å². The zero-order valence-corrected chi connectivity index (χ0v) is 15.6. The molecule has 2 aromatic rings. The van der Waals surface area contributed by atoms with Gasteiger partial charge in [-0.2, -0.15) is 10.2 Å². The summed E-state index contributed by atoms with van der Waals surface area (Å²) in [5, 5.41) is 3.11. The van der Waals surface area contributed by atoms with E-state index >= 15 is 0 Å². The smallest absolute Gasteiger partial charge is 0.148 e. The Kier molecular flexibility index (Phi) is 4.55. The van der Waals surface area contributed by atoms with Gasteiger partial charge in [0.1, 0.15) is 5.65 Å². The van der Waals surface area contributed by atoms with Gasteiger partial charge in [0.15, 0.2) is 0 Å². The topological polar surface area (TPSA) is 17.8 Å². The van der Waals surface area contributed by atoms with Crippen molar-refractivity contribution in [3.8, 4) is 0 Å². The van der Waals surface area contributed by atoms with Crippen molar-refractivity contribution in [3.63, 3.8) is 0 Å². The molecule has 0 amide bonds. The van der Waals surface area contributed by atoms with Crippen molar-refractivity contribution < 1.29 is 0 Å². The molecule has 112 valence electrons. The van der Waals surface area contributed by atoms with Crippen LogP contribution in [0.15, 0.2) is 29.0 Å². The summed E-state index contributed by atoms with van der Waals surface area (Å²) in [6, 6.07) is 4.35. The number of halogens is 1. The lowest BCUT2D eigenvalue weighted by Gasteiger charge is -2.52. The molecule has 2 heterocycles. The number of nitrogens with zero attached hydrogens (tertiary/aromatic N) is 2. The molecule has 0 saturated carbocycles. The SMILES string of the molecule is CC(C)S(C(C)C)(C(C)C)n1ccc2cc(Br)cnc21. The minimum Gasteiger partial charge on any atom is -0.293 e. The van der Waals surface area contributed by atoms with Crippen LogP contribution in [0.4, 0.5) is 0 Å². The second-order valence-electron chi connectivity index (χ2n) is 6.08. The summed E-state index contributed by atoms with van der Waals surface area (Å²) in [6.45, 7) is 14.2. The molecular formula is C16H25BrN2S. The van der Waals surface area contributed by atoms with Gasteiger partial charge in [0.05, 0.1) is 0 Å². The molecule has 2 nitrogen and oxygen atoms in total. The van der Waals surface area contributed by atoms with Crippen molar-refractivity contribution >= 4 is 37.2 Å². The fourth-order valence-electron chi connectivity index (χ4n) is 3.54. The first-order valence-corrected chi connectivity index (χ1v) is 9.82. The van der Waals surface area contributed by atoms with Crippen molar-refractivity contribution in [2.24, 2.45) is 0 Å². The molecule has 0 aromatic carbocycles. The lowest BCUT2D eigenvalue weighted by atomic mass is 10.3. The standard InChI is InChI=1S/C16H25BrN2S/c1-11(2)20(12(3)4,13(5)6)19-8-7-14-9-15(17)10-18-16(14)19/h7-13H,1-6H3. The van der Waals surface area contributed by atoms with E-state index < -0.39 is 10.2 Å². The molecule has 2 aromatic heterocycles. The van der Waals surface area contributed by atoms with Crippen LogP contribution in [0.2, 0.25) is 0 Å². The van der Waals surface area contributed by atoms with E-state index in [0.717, 1.165) is 10.1 Å². The van der Waals surface area contributed by atoms with Crippen LogP contribution < -0.4 is 0 Å². The fraction of sp³-hybridized carbons (Fsp3) is 0.562. The molecule has 4 heteroatoms. The molecule has 0 N–H and O–H groups in total. The molecule has 20 heavy (non-hydrogen) atoms.